The number of rotatable bonds is 10. The summed E-state index contributed by atoms with van der Waals surface area (Å²) < 4.78 is 28.2. The molecular weight excluding hydrogens is 446 g/mol. The number of sulfonamides is 1. The maximum Gasteiger partial charge on any atom is 0.224 e. The molecule has 0 saturated heterocycles. The highest BCUT2D eigenvalue weighted by Crippen LogP contribution is 2.23. The molecular formula is C22H25N5O3S2. The molecule has 1 unspecified atom stereocenters. The normalized spacial score (nSPS) is 12.4. The van der Waals surface area contributed by atoms with E-state index in [0.717, 1.165) is 5.56 Å². The van der Waals surface area contributed by atoms with Gasteiger partial charge in [-0.3, -0.25) is 4.79 Å². The Hall–Kier alpha value is -3.08. The van der Waals surface area contributed by atoms with Crippen LogP contribution in [0.25, 0.3) is 0 Å². The van der Waals surface area contributed by atoms with Crippen molar-refractivity contribution in [1.82, 2.24) is 9.29 Å². The number of carbonyl (C=O) groups is 1. The predicted octanol–water partition coefficient (Wildman–Crippen LogP) is 2.69. The first-order valence-electron chi connectivity index (χ1n) is 9.93. The molecule has 0 aliphatic carbocycles. The van der Waals surface area contributed by atoms with Crippen LogP contribution in [-0.2, 0) is 23.0 Å². The van der Waals surface area contributed by atoms with Gasteiger partial charge in [-0.1, -0.05) is 60.7 Å². The third kappa shape index (κ3) is 6.00. The van der Waals surface area contributed by atoms with Crippen molar-refractivity contribution in [2.24, 2.45) is 16.5 Å². The molecule has 4 N–H and O–H groups in total. The zero-order chi connectivity index (χ0) is 23.1. The Morgan fingerprint density at radius 3 is 2.34 bits per heavy atom. The summed E-state index contributed by atoms with van der Waals surface area (Å²) in [6.45, 7) is 1.64. The number of guanidine groups is 1. The van der Waals surface area contributed by atoms with Gasteiger partial charge < -0.3 is 11.5 Å². The number of Topliss-reactive ketones (excluding diaryl/α,β-unsaturated/α-hetero) is 1. The van der Waals surface area contributed by atoms with Gasteiger partial charge in [-0.2, -0.15) is 9.30 Å². The number of hydrogen-bond acceptors (Lipinski definition) is 6. The monoisotopic (exact) mass is 471 g/mol. The summed E-state index contributed by atoms with van der Waals surface area (Å²) in [5.74, 6) is -0.573. The van der Waals surface area contributed by atoms with Gasteiger partial charge in [-0.25, -0.2) is 13.4 Å². The summed E-state index contributed by atoms with van der Waals surface area (Å²) in [7, 11) is -3.97. The van der Waals surface area contributed by atoms with Gasteiger partial charge in [0.05, 0.1) is 12.2 Å². The van der Waals surface area contributed by atoms with E-state index in [-0.39, 0.29) is 19.0 Å². The van der Waals surface area contributed by atoms with Crippen LogP contribution in [0.1, 0.15) is 28.5 Å². The maximum atomic E-state index is 13.5. The van der Waals surface area contributed by atoms with Crippen LogP contribution in [0.15, 0.2) is 71.0 Å². The van der Waals surface area contributed by atoms with Gasteiger partial charge in [0.15, 0.2) is 11.7 Å². The number of aromatic nitrogens is 1. The number of aliphatic imine (C=N–C) groups is 1. The van der Waals surface area contributed by atoms with Gasteiger partial charge in [-0.15, -0.1) is 11.3 Å². The second-order valence-corrected chi connectivity index (χ2v) is 10.2. The van der Waals surface area contributed by atoms with Crippen molar-refractivity contribution in [1.29, 1.82) is 0 Å². The van der Waals surface area contributed by atoms with Crippen LogP contribution in [0.2, 0.25) is 0 Å². The molecule has 0 amide bonds. The lowest BCUT2D eigenvalue weighted by molar-refractivity contribution is 0.0989. The molecule has 3 aromatic rings. The molecule has 0 spiro atoms. The largest absolute Gasteiger partial charge is 0.370 e. The van der Waals surface area contributed by atoms with Crippen molar-refractivity contribution in [3.63, 3.8) is 0 Å². The molecule has 1 heterocycles. The molecule has 0 radical (unpaired) electrons. The third-order valence-corrected chi connectivity index (χ3v) is 7.75. The van der Waals surface area contributed by atoms with E-state index in [1.807, 2.05) is 30.3 Å². The van der Waals surface area contributed by atoms with Gasteiger partial charge in [-0.05, 0) is 18.9 Å². The van der Waals surface area contributed by atoms with Crippen LogP contribution in [-0.4, -0.2) is 41.2 Å². The van der Waals surface area contributed by atoms with Crippen LogP contribution in [0.4, 0.5) is 5.13 Å². The third-order valence-electron chi connectivity index (χ3n) is 4.83. The van der Waals surface area contributed by atoms with Crippen LogP contribution >= 0.6 is 11.3 Å². The molecule has 0 fully saturated rings. The second-order valence-electron chi connectivity index (χ2n) is 7.14. The van der Waals surface area contributed by atoms with E-state index in [1.54, 1.807) is 35.7 Å². The Morgan fingerprint density at radius 2 is 1.72 bits per heavy atom. The average molecular weight is 472 g/mol. The lowest BCUT2D eigenvalue weighted by atomic mass is 10.1. The molecule has 0 saturated carbocycles. The van der Waals surface area contributed by atoms with Gasteiger partial charge in [0.2, 0.25) is 15.2 Å². The Labute approximate surface area is 191 Å². The van der Waals surface area contributed by atoms with Crippen LogP contribution in [0.5, 0.6) is 0 Å². The molecule has 0 bridgehead atoms. The molecule has 1 aromatic heterocycles. The molecule has 1 atom stereocenters. The molecule has 32 heavy (non-hydrogen) atoms. The highest BCUT2D eigenvalue weighted by Gasteiger charge is 2.34. The van der Waals surface area contributed by atoms with Crippen molar-refractivity contribution in [3.8, 4) is 0 Å². The minimum absolute atomic E-state index is 0.0120. The summed E-state index contributed by atoms with van der Waals surface area (Å²) in [5.41, 5.74) is 12.6. The Kier molecular flexibility index (Phi) is 7.73. The first kappa shape index (κ1) is 23.6. The van der Waals surface area contributed by atoms with Crippen LogP contribution in [0, 0.1) is 0 Å². The Balaban J connectivity index is 1.86. The van der Waals surface area contributed by atoms with Gasteiger partial charge in [0, 0.05) is 17.5 Å². The summed E-state index contributed by atoms with van der Waals surface area (Å²) in [4.78, 5) is 21.1. The minimum Gasteiger partial charge on any atom is -0.370 e. The SMILES string of the molecule is CC(C(=O)c1ccccc1)S(=O)(=O)N(CCc1ccccc1)Cc1csc(N=C(N)N)n1. The zero-order valence-corrected chi connectivity index (χ0v) is 19.2. The van der Waals surface area contributed by atoms with Gasteiger partial charge in [0.25, 0.3) is 0 Å². The highest BCUT2D eigenvalue weighted by atomic mass is 32.2. The predicted molar refractivity (Wildman–Crippen MR) is 127 cm³/mol. The Bertz CT molecular complexity index is 1170. The van der Waals surface area contributed by atoms with Crippen molar-refractivity contribution < 1.29 is 13.2 Å². The average Bonchev–Trinajstić information content (AvgIpc) is 3.22. The van der Waals surface area contributed by atoms with E-state index in [0.29, 0.717) is 22.8 Å². The molecule has 3 rings (SSSR count). The summed E-state index contributed by atoms with van der Waals surface area (Å²) in [5, 5.41) is 0.807. The fourth-order valence-corrected chi connectivity index (χ4v) is 5.31. The van der Waals surface area contributed by atoms with E-state index in [2.05, 4.69) is 9.98 Å². The summed E-state index contributed by atoms with van der Waals surface area (Å²) in [6.07, 6.45) is 0.497. The van der Waals surface area contributed by atoms with E-state index in [1.165, 1.54) is 22.6 Å². The fourth-order valence-electron chi connectivity index (χ4n) is 3.10. The molecule has 168 valence electrons. The van der Waals surface area contributed by atoms with Gasteiger partial charge >= 0.3 is 0 Å². The quantitative estimate of drug-likeness (QED) is 0.265. The Morgan fingerprint density at radius 1 is 1.09 bits per heavy atom. The zero-order valence-electron chi connectivity index (χ0n) is 17.6. The minimum atomic E-state index is -3.97. The first-order chi connectivity index (χ1) is 15.3. The molecule has 0 aliphatic rings. The van der Waals surface area contributed by atoms with E-state index in [4.69, 9.17) is 11.5 Å². The van der Waals surface area contributed by atoms with Crippen molar-refractivity contribution >= 4 is 38.2 Å². The molecule has 2 aromatic carbocycles. The summed E-state index contributed by atoms with van der Waals surface area (Å²) in [6, 6.07) is 18.0. The first-order valence-corrected chi connectivity index (χ1v) is 12.3. The van der Waals surface area contributed by atoms with E-state index in [9.17, 15) is 13.2 Å². The van der Waals surface area contributed by atoms with E-state index >= 15 is 0 Å². The lowest BCUT2D eigenvalue weighted by Gasteiger charge is -2.25. The lowest BCUT2D eigenvalue weighted by Crippen LogP contribution is -2.42. The maximum absolute atomic E-state index is 13.5. The number of nitrogens with two attached hydrogens (primary N) is 2. The smallest absolute Gasteiger partial charge is 0.224 e. The number of nitrogens with zero attached hydrogens (tertiary/aromatic N) is 3. The van der Waals surface area contributed by atoms with Crippen LogP contribution in [0.3, 0.4) is 0 Å². The highest BCUT2D eigenvalue weighted by molar-refractivity contribution is 7.90. The number of thiazole rings is 1. The van der Waals surface area contributed by atoms with Crippen LogP contribution < -0.4 is 11.5 Å². The standard InChI is InChI=1S/C22H25N5O3S2/c1-16(20(28)18-10-6-3-7-11-18)32(29,30)27(13-12-17-8-4-2-5-9-17)14-19-15-31-22(25-19)26-21(23)24/h2-11,15-16H,12-14H2,1H3,(H4,23,24,25,26). The number of carbonyl (C=O) groups excluding carboxylic acids is 1. The fraction of sp³-hybridized carbons (Fsp3) is 0.227. The topological polar surface area (TPSA) is 132 Å². The van der Waals surface area contributed by atoms with Gasteiger partial charge in [0.1, 0.15) is 5.25 Å². The van der Waals surface area contributed by atoms with Crippen molar-refractivity contribution in [2.75, 3.05) is 6.54 Å². The van der Waals surface area contributed by atoms with E-state index < -0.39 is 21.1 Å². The van der Waals surface area contributed by atoms with Crippen molar-refractivity contribution in [3.05, 3.63) is 82.9 Å². The number of hydrogen-bond donors (Lipinski definition) is 2. The molecule has 10 heteroatoms. The number of ketones is 1. The molecule has 0 aliphatic heterocycles. The van der Waals surface area contributed by atoms with Crippen molar-refractivity contribution in [2.45, 2.75) is 25.1 Å². The summed E-state index contributed by atoms with van der Waals surface area (Å²) >= 11 is 1.21. The number of benzene rings is 2. The second kappa shape index (κ2) is 10.5. The molecule has 8 nitrogen and oxygen atoms in total.